The van der Waals surface area contributed by atoms with Gasteiger partial charge in [-0.1, -0.05) is 27.7 Å². The summed E-state index contributed by atoms with van der Waals surface area (Å²) in [4.78, 5) is 47.8. The highest BCUT2D eigenvalue weighted by molar-refractivity contribution is 5.94. The zero-order chi connectivity index (χ0) is 21.3. The lowest BCUT2D eigenvalue weighted by atomic mass is 9.99. The summed E-state index contributed by atoms with van der Waals surface area (Å²) in [5, 5.41) is 25.3. The van der Waals surface area contributed by atoms with Crippen LogP contribution in [0, 0.1) is 11.8 Å². The van der Waals surface area contributed by atoms with E-state index in [0.717, 1.165) is 0 Å². The van der Waals surface area contributed by atoms with Crippen LogP contribution in [0.5, 0.6) is 0 Å². The van der Waals surface area contributed by atoms with E-state index in [9.17, 15) is 19.2 Å². The summed E-state index contributed by atoms with van der Waals surface area (Å²) in [6, 6.07) is -4.18. The second-order valence-electron chi connectivity index (χ2n) is 7.29. The Labute approximate surface area is 159 Å². The molecule has 7 N–H and O–H groups in total. The van der Waals surface area contributed by atoms with Gasteiger partial charge in [-0.15, -0.1) is 0 Å². The molecule has 0 bridgehead atoms. The van der Waals surface area contributed by atoms with Crippen LogP contribution in [0.25, 0.3) is 0 Å². The van der Waals surface area contributed by atoms with Crippen molar-refractivity contribution in [2.24, 2.45) is 17.6 Å². The first-order valence-corrected chi connectivity index (χ1v) is 8.91. The summed E-state index contributed by atoms with van der Waals surface area (Å²) >= 11 is 0. The Kier molecular flexibility index (Phi) is 10.6. The van der Waals surface area contributed by atoms with Gasteiger partial charge in [0, 0.05) is 0 Å². The Balaban J connectivity index is 5.26. The summed E-state index contributed by atoms with van der Waals surface area (Å²) in [6.07, 6.45) is 0.338. The van der Waals surface area contributed by atoms with Gasteiger partial charge in [-0.25, -0.2) is 4.79 Å². The second-order valence-corrected chi connectivity index (χ2v) is 7.29. The number of hydrogen-bond donors (Lipinski definition) is 6. The molecule has 0 fully saturated rings. The number of aliphatic hydroxyl groups is 1. The third-order valence-electron chi connectivity index (χ3n) is 3.80. The first kappa shape index (κ1) is 24.8. The van der Waals surface area contributed by atoms with Crippen LogP contribution in [-0.4, -0.2) is 64.7 Å². The fraction of sp³-hybridized carbons (Fsp3) is 0.765. The molecule has 156 valence electrons. The van der Waals surface area contributed by atoms with Crippen LogP contribution in [0.1, 0.15) is 41.0 Å². The summed E-state index contributed by atoms with van der Waals surface area (Å²) in [5.41, 5.74) is 5.52. The number of amides is 3. The average Bonchev–Trinajstić information content (AvgIpc) is 2.55. The summed E-state index contributed by atoms with van der Waals surface area (Å²) in [5.74, 6) is -3.45. The molecule has 0 heterocycles. The van der Waals surface area contributed by atoms with Crippen molar-refractivity contribution in [1.82, 2.24) is 16.0 Å². The molecule has 10 heteroatoms. The van der Waals surface area contributed by atoms with Crippen molar-refractivity contribution in [2.75, 3.05) is 6.61 Å². The van der Waals surface area contributed by atoms with Crippen LogP contribution in [0.2, 0.25) is 0 Å². The Morgan fingerprint density at radius 3 is 1.74 bits per heavy atom. The van der Waals surface area contributed by atoms with Gasteiger partial charge in [0.25, 0.3) is 0 Å². The maximum atomic E-state index is 12.6. The number of aliphatic hydroxyl groups excluding tert-OH is 1. The molecule has 4 atom stereocenters. The molecule has 4 unspecified atom stereocenters. The van der Waals surface area contributed by atoms with E-state index >= 15 is 0 Å². The van der Waals surface area contributed by atoms with Gasteiger partial charge >= 0.3 is 5.97 Å². The number of carbonyl (C=O) groups is 4. The quantitative estimate of drug-likeness (QED) is 0.252. The standard InChI is InChI=1S/C17H32N4O6/c1-8(2)6-11(19-14(23)10(5)18)15(24)21-13(9(3)4)16(25)20-12(7-22)17(26)27/h8-13,22H,6-7,18H2,1-5H3,(H,19,23)(H,20,25)(H,21,24)(H,26,27). The van der Waals surface area contributed by atoms with Crippen LogP contribution >= 0.6 is 0 Å². The number of nitrogens with one attached hydrogen (secondary N) is 3. The lowest BCUT2D eigenvalue weighted by Crippen LogP contribution is -2.58. The maximum absolute atomic E-state index is 12.6. The summed E-state index contributed by atoms with van der Waals surface area (Å²) in [6.45, 7) is 7.83. The normalized spacial score (nSPS) is 15.6. The molecule has 10 nitrogen and oxygen atoms in total. The predicted octanol–water partition coefficient (Wildman–Crippen LogP) is -1.43. The molecule has 0 aromatic rings. The van der Waals surface area contributed by atoms with Gasteiger partial charge in [0.2, 0.25) is 17.7 Å². The third kappa shape index (κ3) is 8.83. The smallest absolute Gasteiger partial charge is 0.328 e. The molecule has 0 aliphatic carbocycles. The zero-order valence-electron chi connectivity index (χ0n) is 16.5. The molecule has 3 amide bonds. The van der Waals surface area contributed by atoms with E-state index in [1.165, 1.54) is 6.92 Å². The molecule has 0 spiro atoms. The van der Waals surface area contributed by atoms with Crippen molar-refractivity contribution >= 4 is 23.7 Å². The van der Waals surface area contributed by atoms with Crippen LogP contribution < -0.4 is 21.7 Å². The number of carboxylic acids is 1. The Hall–Kier alpha value is -2.20. The molecule has 0 aromatic carbocycles. The van der Waals surface area contributed by atoms with E-state index in [0.29, 0.717) is 6.42 Å². The highest BCUT2D eigenvalue weighted by Crippen LogP contribution is 2.08. The second kappa shape index (κ2) is 11.5. The van der Waals surface area contributed by atoms with Gasteiger partial charge in [0.15, 0.2) is 0 Å². The number of carboxylic acid groups (broad SMARTS) is 1. The van der Waals surface area contributed by atoms with Crippen molar-refractivity contribution in [3.8, 4) is 0 Å². The summed E-state index contributed by atoms with van der Waals surface area (Å²) in [7, 11) is 0. The average molecular weight is 388 g/mol. The first-order chi connectivity index (χ1) is 12.4. The zero-order valence-corrected chi connectivity index (χ0v) is 16.5. The van der Waals surface area contributed by atoms with E-state index < -0.39 is 54.5 Å². The minimum Gasteiger partial charge on any atom is -0.480 e. The number of carbonyl (C=O) groups excluding carboxylic acids is 3. The topological polar surface area (TPSA) is 171 Å². The molecule has 0 saturated carbocycles. The van der Waals surface area contributed by atoms with Gasteiger partial charge in [-0.05, 0) is 25.2 Å². The minimum atomic E-state index is -1.47. The number of nitrogens with two attached hydrogens (primary N) is 1. The van der Waals surface area contributed by atoms with Crippen LogP contribution in [0.4, 0.5) is 0 Å². The molecular weight excluding hydrogens is 356 g/mol. The van der Waals surface area contributed by atoms with Gasteiger partial charge in [0.05, 0.1) is 12.6 Å². The predicted molar refractivity (Wildman–Crippen MR) is 98.5 cm³/mol. The highest BCUT2D eigenvalue weighted by Gasteiger charge is 2.31. The third-order valence-corrected chi connectivity index (χ3v) is 3.80. The molecule has 0 radical (unpaired) electrons. The van der Waals surface area contributed by atoms with Crippen LogP contribution in [-0.2, 0) is 19.2 Å². The van der Waals surface area contributed by atoms with Crippen molar-refractivity contribution in [3.05, 3.63) is 0 Å². The van der Waals surface area contributed by atoms with E-state index in [-0.39, 0.29) is 11.8 Å². The van der Waals surface area contributed by atoms with Crippen molar-refractivity contribution in [2.45, 2.75) is 65.2 Å². The summed E-state index contributed by atoms with van der Waals surface area (Å²) < 4.78 is 0. The lowest BCUT2D eigenvalue weighted by molar-refractivity contribution is -0.143. The molecule has 0 aliphatic rings. The van der Waals surface area contributed by atoms with Crippen molar-refractivity contribution in [3.63, 3.8) is 0 Å². The molecular formula is C17H32N4O6. The number of hydrogen-bond acceptors (Lipinski definition) is 6. The fourth-order valence-electron chi connectivity index (χ4n) is 2.24. The van der Waals surface area contributed by atoms with Gasteiger partial charge in [-0.2, -0.15) is 0 Å². The van der Waals surface area contributed by atoms with Gasteiger partial charge < -0.3 is 31.9 Å². The number of aliphatic carboxylic acids is 1. The maximum Gasteiger partial charge on any atom is 0.328 e. The largest absolute Gasteiger partial charge is 0.480 e. The SMILES string of the molecule is CC(C)CC(NC(=O)C(C)N)C(=O)NC(C(=O)NC(CO)C(=O)O)C(C)C. The Morgan fingerprint density at radius 2 is 1.37 bits per heavy atom. The first-order valence-electron chi connectivity index (χ1n) is 8.91. The van der Waals surface area contributed by atoms with Crippen molar-refractivity contribution < 1.29 is 29.4 Å². The number of rotatable bonds is 11. The highest BCUT2D eigenvalue weighted by atomic mass is 16.4. The van der Waals surface area contributed by atoms with Crippen LogP contribution in [0.3, 0.4) is 0 Å². The molecule has 0 rings (SSSR count). The molecule has 0 aromatic heterocycles. The fourth-order valence-corrected chi connectivity index (χ4v) is 2.24. The monoisotopic (exact) mass is 388 g/mol. The van der Waals surface area contributed by atoms with E-state index in [1.807, 2.05) is 13.8 Å². The molecule has 0 aliphatic heterocycles. The van der Waals surface area contributed by atoms with E-state index in [4.69, 9.17) is 15.9 Å². The Morgan fingerprint density at radius 1 is 0.852 bits per heavy atom. The van der Waals surface area contributed by atoms with E-state index in [2.05, 4.69) is 16.0 Å². The van der Waals surface area contributed by atoms with Gasteiger partial charge in [0.1, 0.15) is 18.1 Å². The molecule has 27 heavy (non-hydrogen) atoms. The van der Waals surface area contributed by atoms with Gasteiger partial charge in [-0.3, -0.25) is 14.4 Å². The minimum absolute atomic E-state index is 0.0891. The molecule has 0 saturated heterocycles. The Bertz CT molecular complexity index is 536. The van der Waals surface area contributed by atoms with Crippen molar-refractivity contribution in [1.29, 1.82) is 0 Å². The van der Waals surface area contributed by atoms with Crippen LogP contribution in [0.15, 0.2) is 0 Å². The lowest BCUT2D eigenvalue weighted by Gasteiger charge is -2.27. The van der Waals surface area contributed by atoms with E-state index in [1.54, 1.807) is 13.8 Å².